The lowest BCUT2D eigenvalue weighted by Crippen LogP contribution is -2.18. The molecule has 0 aromatic rings. The maximum absolute atomic E-state index is 13.0. The predicted molar refractivity (Wildman–Crippen MR) is 99.4 cm³/mol. The molecule has 0 saturated carbocycles. The van der Waals surface area contributed by atoms with Crippen molar-refractivity contribution < 1.29 is 31.5 Å². The molecule has 25 heavy (non-hydrogen) atoms. The largest absolute Gasteiger partial charge is 0.484 e. The van der Waals surface area contributed by atoms with Crippen molar-refractivity contribution in [2.75, 3.05) is 26.4 Å². The van der Waals surface area contributed by atoms with E-state index in [2.05, 4.69) is 13.2 Å². The number of hydrogen-bond acceptors (Lipinski definition) is 7. The Balaban J connectivity index is 5.37. The molecule has 0 atom stereocenters. The van der Waals surface area contributed by atoms with Gasteiger partial charge in [-0.15, -0.1) is 13.2 Å². The second-order valence-electron chi connectivity index (χ2n) is 7.81. The van der Waals surface area contributed by atoms with Gasteiger partial charge in [-0.1, -0.05) is 53.7 Å². The second kappa shape index (κ2) is 10.2. The minimum atomic E-state index is -4.20. The Morgan fingerprint density at radius 1 is 0.720 bits per heavy atom. The Labute approximate surface area is 152 Å². The molecule has 0 N–H and O–H groups in total. The van der Waals surface area contributed by atoms with Crippen molar-refractivity contribution in [1.82, 2.24) is 0 Å². The smallest absolute Gasteiger partial charge is 0.286 e. The van der Waals surface area contributed by atoms with Gasteiger partial charge >= 0.3 is 15.6 Å². The summed E-state index contributed by atoms with van der Waals surface area (Å²) >= 11 is 0. The molecule has 0 unspecified atom stereocenters. The van der Waals surface area contributed by atoms with E-state index in [-0.39, 0.29) is 37.3 Å². The van der Waals surface area contributed by atoms with E-state index in [4.69, 9.17) is 22.4 Å². The molecule has 0 amide bonds. The number of phosphoric ester groups is 2. The average Bonchev–Trinajstić information content (AvgIpc) is 2.46. The van der Waals surface area contributed by atoms with Crippen LogP contribution in [0, 0.1) is 10.8 Å². The van der Waals surface area contributed by atoms with E-state index >= 15 is 0 Å². The molecule has 0 aromatic heterocycles. The Bertz CT molecular complexity index is 480. The van der Waals surface area contributed by atoms with Gasteiger partial charge in [-0.05, 0) is 10.8 Å². The standard InChI is InChI=1S/C16H32O7P2/c1-9-11-19-24(17,20-12-10-2)23-25(18,21-13-15(3,4)5)22-14-16(6,7)8/h9-10H,1-2,11-14H2,3-8H3. The lowest BCUT2D eigenvalue weighted by atomic mass is 9.99. The maximum Gasteiger partial charge on any atom is 0.484 e. The summed E-state index contributed by atoms with van der Waals surface area (Å²) in [5.41, 5.74) is -0.615. The fourth-order valence-corrected chi connectivity index (χ4v) is 4.67. The Hall–Kier alpha value is -0.260. The van der Waals surface area contributed by atoms with Crippen molar-refractivity contribution in [2.45, 2.75) is 41.5 Å². The van der Waals surface area contributed by atoms with Gasteiger partial charge in [0.15, 0.2) is 0 Å². The van der Waals surface area contributed by atoms with Crippen LogP contribution in [-0.2, 0) is 31.5 Å². The predicted octanol–water partition coefficient (Wildman–Crippen LogP) is 5.75. The van der Waals surface area contributed by atoms with E-state index in [0.29, 0.717) is 0 Å². The van der Waals surface area contributed by atoms with Crippen LogP contribution in [0.5, 0.6) is 0 Å². The lowest BCUT2D eigenvalue weighted by molar-refractivity contribution is 0.0766. The molecule has 0 fully saturated rings. The van der Waals surface area contributed by atoms with Crippen LogP contribution >= 0.6 is 15.6 Å². The van der Waals surface area contributed by atoms with Crippen molar-refractivity contribution in [3.63, 3.8) is 0 Å². The van der Waals surface area contributed by atoms with Gasteiger partial charge in [-0.25, -0.2) is 9.13 Å². The van der Waals surface area contributed by atoms with Crippen LogP contribution in [-0.4, -0.2) is 26.4 Å². The normalized spacial score (nSPS) is 13.7. The summed E-state index contributed by atoms with van der Waals surface area (Å²) in [4.78, 5) is 0. The molecule has 0 spiro atoms. The zero-order valence-corrected chi connectivity index (χ0v) is 17.9. The van der Waals surface area contributed by atoms with Gasteiger partial charge in [0.1, 0.15) is 0 Å². The fraction of sp³-hybridized carbons (Fsp3) is 0.750. The minimum absolute atomic E-state index is 0.0668. The van der Waals surface area contributed by atoms with Gasteiger partial charge in [-0.3, -0.25) is 18.1 Å². The van der Waals surface area contributed by atoms with Gasteiger partial charge in [0.05, 0.1) is 26.4 Å². The second-order valence-corrected chi connectivity index (χ2v) is 11.3. The van der Waals surface area contributed by atoms with Crippen molar-refractivity contribution in [1.29, 1.82) is 0 Å². The van der Waals surface area contributed by atoms with E-state index < -0.39 is 15.6 Å². The molecule has 0 bridgehead atoms. The van der Waals surface area contributed by atoms with Crippen molar-refractivity contribution >= 4 is 15.6 Å². The molecule has 9 heteroatoms. The molecule has 148 valence electrons. The lowest BCUT2D eigenvalue weighted by Gasteiger charge is -2.27. The molecule has 0 aliphatic carbocycles. The topological polar surface area (TPSA) is 80.3 Å². The first-order valence-electron chi connectivity index (χ1n) is 7.96. The highest BCUT2D eigenvalue weighted by Crippen LogP contribution is 2.66. The molecule has 0 aliphatic heterocycles. The van der Waals surface area contributed by atoms with E-state index in [1.807, 2.05) is 41.5 Å². The summed E-state index contributed by atoms with van der Waals surface area (Å²) in [6, 6.07) is 0. The monoisotopic (exact) mass is 398 g/mol. The molecule has 0 rings (SSSR count). The van der Waals surface area contributed by atoms with E-state index in [1.165, 1.54) is 12.2 Å². The van der Waals surface area contributed by atoms with Crippen LogP contribution in [0.1, 0.15) is 41.5 Å². The van der Waals surface area contributed by atoms with Gasteiger partial charge < -0.3 is 0 Å². The minimum Gasteiger partial charge on any atom is -0.286 e. The maximum atomic E-state index is 13.0. The zero-order chi connectivity index (χ0) is 19.8. The van der Waals surface area contributed by atoms with Gasteiger partial charge in [-0.2, -0.15) is 4.31 Å². The third-order valence-corrected chi connectivity index (χ3v) is 5.63. The average molecular weight is 398 g/mol. The van der Waals surface area contributed by atoms with Crippen LogP contribution in [0.15, 0.2) is 25.3 Å². The highest BCUT2D eigenvalue weighted by molar-refractivity contribution is 7.62. The van der Waals surface area contributed by atoms with Crippen LogP contribution in [0.3, 0.4) is 0 Å². The molecular formula is C16H32O7P2. The van der Waals surface area contributed by atoms with Crippen LogP contribution in [0.4, 0.5) is 0 Å². The summed E-state index contributed by atoms with van der Waals surface area (Å²) in [6.45, 7) is 18.2. The summed E-state index contributed by atoms with van der Waals surface area (Å²) in [5.74, 6) is 0. The third kappa shape index (κ3) is 12.7. The molecular weight excluding hydrogens is 366 g/mol. The molecule has 7 nitrogen and oxygen atoms in total. The SMILES string of the molecule is C=CCOP(=O)(OCC=C)OP(=O)(OCC(C)(C)C)OCC(C)(C)C. The number of hydrogen-bond donors (Lipinski definition) is 0. The van der Waals surface area contributed by atoms with Gasteiger partial charge in [0.2, 0.25) is 0 Å². The first-order chi connectivity index (χ1) is 11.2. The summed E-state index contributed by atoms with van der Waals surface area (Å²) < 4.78 is 51.7. The molecule has 0 saturated heterocycles. The Kier molecular flexibility index (Phi) is 10.1. The van der Waals surface area contributed by atoms with Crippen LogP contribution in [0.2, 0.25) is 0 Å². The zero-order valence-electron chi connectivity index (χ0n) is 16.1. The molecule has 0 aromatic carbocycles. The Morgan fingerprint density at radius 3 is 1.32 bits per heavy atom. The van der Waals surface area contributed by atoms with Crippen molar-refractivity contribution in [3.05, 3.63) is 25.3 Å². The van der Waals surface area contributed by atoms with Crippen molar-refractivity contribution in [3.8, 4) is 0 Å². The summed E-state index contributed by atoms with van der Waals surface area (Å²) in [6.07, 6.45) is 2.73. The molecule has 0 aliphatic rings. The van der Waals surface area contributed by atoms with Gasteiger partial charge in [0.25, 0.3) is 0 Å². The van der Waals surface area contributed by atoms with Crippen LogP contribution in [0.25, 0.3) is 0 Å². The van der Waals surface area contributed by atoms with E-state index in [1.54, 1.807) is 0 Å². The van der Waals surface area contributed by atoms with Crippen molar-refractivity contribution in [2.24, 2.45) is 10.8 Å². The number of rotatable bonds is 12. The third-order valence-electron chi connectivity index (χ3n) is 2.21. The Morgan fingerprint density at radius 2 is 1.04 bits per heavy atom. The highest BCUT2D eigenvalue weighted by Gasteiger charge is 2.42. The molecule has 0 heterocycles. The van der Waals surface area contributed by atoms with E-state index in [0.717, 1.165) is 0 Å². The van der Waals surface area contributed by atoms with Crippen LogP contribution < -0.4 is 0 Å². The van der Waals surface area contributed by atoms with Gasteiger partial charge in [0, 0.05) is 0 Å². The first-order valence-corrected chi connectivity index (χ1v) is 10.9. The van der Waals surface area contributed by atoms with E-state index in [9.17, 15) is 9.13 Å². The highest BCUT2D eigenvalue weighted by atomic mass is 31.3. The summed E-state index contributed by atoms with van der Waals surface area (Å²) in [5, 5.41) is 0. The first kappa shape index (κ1) is 24.7. The molecule has 0 radical (unpaired) electrons. The quantitative estimate of drug-likeness (QED) is 0.306. The fourth-order valence-electron chi connectivity index (χ4n) is 1.12. The summed E-state index contributed by atoms with van der Waals surface area (Å²) in [7, 11) is -8.39. The number of phosphoric acid groups is 2.